The van der Waals surface area contributed by atoms with Gasteiger partial charge in [-0.15, -0.1) is 0 Å². The van der Waals surface area contributed by atoms with E-state index in [-0.39, 0.29) is 23.9 Å². The molecule has 0 spiro atoms. The fraction of sp³-hybridized carbons (Fsp3) is 0.0870. The fourth-order valence-electron chi connectivity index (χ4n) is 3.05. The molecule has 12 heteroatoms. The van der Waals surface area contributed by atoms with E-state index >= 15 is 0 Å². The summed E-state index contributed by atoms with van der Waals surface area (Å²) in [5, 5.41) is 21.5. The van der Waals surface area contributed by atoms with Crippen molar-refractivity contribution in [2.24, 2.45) is 5.10 Å². The van der Waals surface area contributed by atoms with Crippen molar-refractivity contribution in [2.75, 3.05) is 5.32 Å². The van der Waals surface area contributed by atoms with Crippen molar-refractivity contribution in [1.82, 2.24) is 20.2 Å². The molecule has 4 rings (SSSR count). The van der Waals surface area contributed by atoms with Crippen LogP contribution in [0.4, 0.5) is 11.4 Å². The lowest BCUT2D eigenvalue weighted by molar-refractivity contribution is -0.385. The molecular formula is C23H19N7O5. The third-order valence-electron chi connectivity index (χ3n) is 4.82. The van der Waals surface area contributed by atoms with Crippen molar-refractivity contribution in [3.8, 4) is 0 Å². The van der Waals surface area contributed by atoms with Crippen LogP contribution in [0.15, 0.2) is 82.8 Å². The first-order valence-electron chi connectivity index (χ1n) is 10.3. The molecule has 12 nitrogen and oxygen atoms in total. The maximum atomic E-state index is 12.4. The highest BCUT2D eigenvalue weighted by Crippen LogP contribution is 2.15. The topological polar surface area (TPSA) is 158 Å². The fourth-order valence-corrected chi connectivity index (χ4v) is 3.05. The molecule has 3 heterocycles. The first-order chi connectivity index (χ1) is 16.9. The van der Waals surface area contributed by atoms with Gasteiger partial charge < -0.3 is 9.73 Å². The Bertz CT molecular complexity index is 1410. The Labute approximate surface area is 198 Å². The van der Waals surface area contributed by atoms with Crippen molar-refractivity contribution in [1.29, 1.82) is 0 Å². The van der Waals surface area contributed by atoms with E-state index in [1.54, 1.807) is 55.6 Å². The average Bonchev–Trinajstić information content (AvgIpc) is 3.53. The average molecular weight is 473 g/mol. The van der Waals surface area contributed by atoms with Gasteiger partial charge in [-0.1, -0.05) is 12.1 Å². The second kappa shape index (κ2) is 10.2. The Morgan fingerprint density at radius 2 is 1.94 bits per heavy atom. The molecule has 0 aliphatic carbocycles. The van der Waals surface area contributed by atoms with Gasteiger partial charge in [-0.25, -0.2) is 5.43 Å². The van der Waals surface area contributed by atoms with Gasteiger partial charge in [-0.2, -0.15) is 10.2 Å². The molecule has 1 aromatic carbocycles. The van der Waals surface area contributed by atoms with Gasteiger partial charge in [0.15, 0.2) is 5.76 Å². The van der Waals surface area contributed by atoms with E-state index in [1.807, 2.05) is 0 Å². The summed E-state index contributed by atoms with van der Waals surface area (Å²) in [6.07, 6.45) is 5.46. The zero-order valence-corrected chi connectivity index (χ0v) is 18.4. The SMILES string of the molecule is C/C(=N/NC(=O)c1ccc(Cn2cc([N+](=O)[O-])cn2)o1)c1cccc(NC(=O)c2cccnc2)c1. The van der Waals surface area contributed by atoms with E-state index in [1.165, 1.54) is 23.1 Å². The Hall–Kier alpha value is -5.13. The van der Waals surface area contributed by atoms with Crippen molar-refractivity contribution in [2.45, 2.75) is 13.5 Å². The van der Waals surface area contributed by atoms with Crippen LogP contribution in [-0.4, -0.2) is 37.2 Å². The number of nitrogens with one attached hydrogen (secondary N) is 2. The quantitative estimate of drug-likeness (QED) is 0.226. The van der Waals surface area contributed by atoms with Crippen molar-refractivity contribution < 1.29 is 18.9 Å². The second-order valence-electron chi connectivity index (χ2n) is 7.33. The Kier molecular flexibility index (Phi) is 6.72. The van der Waals surface area contributed by atoms with E-state index in [0.717, 1.165) is 6.20 Å². The summed E-state index contributed by atoms with van der Waals surface area (Å²) < 4.78 is 6.83. The van der Waals surface area contributed by atoms with Crippen LogP contribution in [0.25, 0.3) is 0 Å². The van der Waals surface area contributed by atoms with Crippen LogP contribution >= 0.6 is 0 Å². The van der Waals surface area contributed by atoms with Gasteiger partial charge in [0.25, 0.3) is 5.91 Å². The number of hydrogen-bond acceptors (Lipinski definition) is 8. The van der Waals surface area contributed by atoms with Gasteiger partial charge >= 0.3 is 11.6 Å². The number of furan rings is 1. The normalized spacial score (nSPS) is 11.2. The second-order valence-corrected chi connectivity index (χ2v) is 7.33. The van der Waals surface area contributed by atoms with Crippen LogP contribution in [-0.2, 0) is 6.54 Å². The summed E-state index contributed by atoms with van der Waals surface area (Å²) in [7, 11) is 0. The lowest BCUT2D eigenvalue weighted by Crippen LogP contribution is -2.19. The van der Waals surface area contributed by atoms with Crippen LogP contribution in [0.1, 0.15) is 39.2 Å². The molecule has 176 valence electrons. The van der Waals surface area contributed by atoms with E-state index < -0.39 is 10.8 Å². The Morgan fingerprint density at radius 1 is 1.11 bits per heavy atom. The molecule has 35 heavy (non-hydrogen) atoms. The molecular weight excluding hydrogens is 454 g/mol. The van der Waals surface area contributed by atoms with Crippen molar-refractivity contribution in [3.63, 3.8) is 0 Å². The number of nitrogens with zero attached hydrogens (tertiary/aromatic N) is 5. The number of anilines is 1. The zero-order valence-electron chi connectivity index (χ0n) is 18.4. The minimum atomic E-state index is -0.567. The van der Waals surface area contributed by atoms with Gasteiger partial charge in [0.2, 0.25) is 0 Å². The molecule has 0 unspecified atom stereocenters. The highest BCUT2D eigenvalue weighted by atomic mass is 16.6. The molecule has 0 aliphatic rings. The molecule has 2 amide bonds. The number of carbonyl (C=O) groups is 2. The minimum absolute atomic E-state index is 0.0238. The summed E-state index contributed by atoms with van der Waals surface area (Å²) in [6, 6.07) is 13.4. The molecule has 3 aromatic heterocycles. The van der Waals surface area contributed by atoms with Crippen molar-refractivity contribution in [3.05, 3.63) is 106 Å². The Morgan fingerprint density at radius 3 is 2.69 bits per heavy atom. The third kappa shape index (κ3) is 5.82. The van der Waals surface area contributed by atoms with E-state index in [4.69, 9.17) is 4.42 Å². The number of hydrogen-bond donors (Lipinski definition) is 2. The summed E-state index contributed by atoms with van der Waals surface area (Å²) in [4.78, 5) is 38.9. The number of aromatic nitrogens is 3. The standard InChI is InChI=1S/C23H19N7O5/c1-15(16-4-2-6-18(10-16)26-22(31)17-5-3-9-24-11-17)27-28-23(32)21-8-7-20(35-21)14-29-13-19(12-25-29)30(33)34/h2-13H,14H2,1H3,(H,26,31)(H,28,32)/b27-15-. The number of nitro groups is 1. The number of benzene rings is 1. The van der Waals surface area contributed by atoms with Crippen LogP contribution in [0.3, 0.4) is 0 Å². The lowest BCUT2D eigenvalue weighted by atomic mass is 10.1. The maximum Gasteiger partial charge on any atom is 0.307 e. The molecule has 0 radical (unpaired) electrons. The van der Waals surface area contributed by atoms with Gasteiger partial charge in [-0.05, 0) is 48.9 Å². The molecule has 0 saturated heterocycles. The van der Waals surface area contributed by atoms with Gasteiger partial charge in [-0.3, -0.25) is 29.4 Å². The monoisotopic (exact) mass is 473 g/mol. The predicted molar refractivity (Wildman–Crippen MR) is 125 cm³/mol. The number of amides is 2. The summed E-state index contributed by atoms with van der Waals surface area (Å²) >= 11 is 0. The number of carbonyl (C=O) groups excluding carboxylic acids is 2. The summed E-state index contributed by atoms with van der Waals surface area (Å²) in [5.74, 6) is -0.443. The van der Waals surface area contributed by atoms with E-state index in [2.05, 4.69) is 25.9 Å². The van der Waals surface area contributed by atoms with E-state index in [0.29, 0.717) is 28.3 Å². The first-order valence-corrected chi connectivity index (χ1v) is 10.3. The molecule has 0 fully saturated rings. The largest absolute Gasteiger partial charge is 0.454 e. The zero-order chi connectivity index (χ0) is 24.8. The summed E-state index contributed by atoms with van der Waals surface area (Å²) in [6.45, 7) is 1.83. The number of rotatable bonds is 8. The van der Waals surface area contributed by atoms with Gasteiger partial charge in [0.1, 0.15) is 18.2 Å². The number of pyridine rings is 1. The van der Waals surface area contributed by atoms with Crippen LogP contribution in [0.5, 0.6) is 0 Å². The third-order valence-corrected chi connectivity index (χ3v) is 4.82. The smallest absolute Gasteiger partial charge is 0.307 e. The maximum absolute atomic E-state index is 12.4. The van der Waals surface area contributed by atoms with E-state index in [9.17, 15) is 19.7 Å². The van der Waals surface area contributed by atoms with Crippen LogP contribution in [0.2, 0.25) is 0 Å². The van der Waals surface area contributed by atoms with Crippen molar-refractivity contribution >= 4 is 28.9 Å². The highest BCUT2D eigenvalue weighted by molar-refractivity contribution is 6.05. The minimum Gasteiger partial charge on any atom is -0.454 e. The highest BCUT2D eigenvalue weighted by Gasteiger charge is 2.14. The molecule has 4 aromatic rings. The molecule has 2 N–H and O–H groups in total. The summed E-state index contributed by atoms with van der Waals surface area (Å²) in [5.41, 5.74) is 4.48. The Balaban J connectivity index is 1.37. The van der Waals surface area contributed by atoms with Gasteiger partial charge in [0.05, 0.1) is 22.7 Å². The molecule has 0 atom stereocenters. The molecule has 0 bridgehead atoms. The van der Waals surface area contributed by atoms with Crippen LogP contribution < -0.4 is 10.7 Å². The predicted octanol–water partition coefficient (Wildman–Crippen LogP) is 3.23. The van der Waals surface area contributed by atoms with Crippen LogP contribution in [0, 0.1) is 10.1 Å². The van der Waals surface area contributed by atoms with Gasteiger partial charge in [0, 0.05) is 18.1 Å². The molecule has 0 aliphatic heterocycles. The molecule has 0 saturated carbocycles. The number of hydrazone groups is 1. The lowest BCUT2D eigenvalue weighted by Gasteiger charge is -2.07. The first kappa shape index (κ1) is 23.0.